The van der Waals surface area contributed by atoms with Gasteiger partial charge in [0, 0.05) is 16.7 Å². The van der Waals surface area contributed by atoms with Crippen molar-refractivity contribution in [3.63, 3.8) is 0 Å². The Bertz CT molecular complexity index is 1260. The standard InChI is InChI=1S/C39H51NO5/c1-2-3-4-5-6-7-8-9-10-11-12-13-23-30-34(41)38(40,35(42)31-24-17-14-18-25-31)39(45,36(43)32-26-19-15-20-27-32)37(44)33-28-21-16-22-29-33/h14-22,24-29,34,41,45H,2-13,23,30,40H2,1H3/t34-,38-/m1/s1. The normalized spacial score (nSPS) is 13.6. The number of hydrogen-bond donors (Lipinski definition) is 3. The van der Waals surface area contributed by atoms with E-state index in [2.05, 4.69) is 6.92 Å². The smallest absolute Gasteiger partial charge is 0.218 e. The SMILES string of the molecule is CCCCCCCCCCCCCCC[C@@H](O)[C@@](N)(C(=O)c1ccccc1)C(O)(C(=O)c1ccccc1)C(=O)c1ccccc1. The molecule has 6 nitrogen and oxygen atoms in total. The molecule has 0 saturated heterocycles. The first kappa shape index (κ1) is 36.0. The van der Waals surface area contributed by atoms with Crippen molar-refractivity contribution in [3.05, 3.63) is 108 Å². The molecule has 3 aromatic carbocycles. The van der Waals surface area contributed by atoms with Crippen LogP contribution in [0.15, 0.2) is 91.0 Å². The summed E-state index contributed by atoms with van der Waals surface area (Å²) < 4.78 is 0. The number of nitrogens with two attached hydrogens (primary N) is 1. The van der Waals surface area contributed by atoms with E-state index in [9.17, 15) is 24.6 Å². The van der Waals surface area contributed by atoms with E-state index in [1.165, 1.54) is 87.8 Å². The van der Waals surface area contributed by atoms with Gasteiger partial charge in [-0.05, 0) is 6.42 Å². The molecule has 0 aliphatic rings. The number of benzene rings is 3. The number of ketones is 3. The molecule has 0 aromatic heterocycles. The number of carbonyl (C=O) groups is 3. The molecule has 3 rings (SSSR count). The fourth-order valence-corrected chi connectivity index (χ4v) is 6.04. The summed E-state index contributed by atoms with van der Waals surface area (Å²) in [6.07, 6.45) is 13.2. The first-order valence-electron chi connectivity index (χ1n) is 16.8. The first-order chi connectivity index (χ1) is 21.8. The fourth-order valence-electron chi connectivity index (χ4n) is 6.04. The Labute approximate surface area is 269 Å². The Morgan fingerprint density at radius 3 is 1.22 bits per heavy atom. The second-order valence-corrected chi connectivity index (χ2v) is 12.2. The van der Waals surface area contributed by atoms with Crippen molar-refractivity contribution < 1.29 is 24.6 Å². The lowest BCUT2D eigenvalue weighted by Crippen LogP contribution is -2.77. The lowest BCUT2D eigenvalue weighted by atomic mass is 9.64. The van der Waals surface area contributed by atoms with E-state index >= 15 is 0 Å². The van der Waals surface area contributed by atoms with Crippen LogP contribution in [0.5, 0.6) is 0 Å². The van der Waals surface area contributed by atoms with Gasteiger partial charge in [-0.1, -0.05) is 181 Å². The van der Waals surface area contributed by atoms with E-state index in [0.717, 1.165) is 25.7 Å². The number of aliphatic hydroxyl groups excluding tert-OH is 1. The zero-order valence-electron chi connectivity index (χ0n) is 26.8. The third-order valence-electron chi connectivity index (χ3n) is 8.85. The number of unbranched alkanes of at least 4 members (excludes halogenated alkanes) is 12. The summed E-state index contributed by atoms with van der Waals surface area (Å²) in [5.41, 5.74) is 1.18. The monoisotopic (exact) mass is 613 g/mol. The molecule has 0 aliphatic carbocycles. The van der Waals surface area contributed by atoms with Crippen LogP contribution in [0.2, 0.25) is 0 Å². The van der Waals surface area contributed by atoms with Crippen molar-refractivity contribution >= 4 is 17.3 Å². The van der Waals surface area contributed by atoms with Gasteiger partial charge in [0.05, 0.1) is 6.10 Å². The molecule has 242 valence electrons. The van der Waals surface area contributed by atoms with Gasteiger partial charge in [-0.2, -0.15) is 0 Å². The molecule has 0 aliphatic heterocycles. The molecular weight excluding hydrogens is 562 g/mol. The largest absolute Gasteiger partial charge is 0.391 e. The van der Waals surface area contributed by atoms with E-state index in [0.29, 0.717) is 6.42 Å². The molecule has 0 fully saturated rings. The summed E-state index contributed by atoms with van der Waals surface area (Å²) in [5, 5.41) is 24.1. The lowest BCUT2D eigenvalue weighted by molar-refractivity contribution is -0.0408. The Morgan fingerprint density at radius 1 is 0.556 bits per heavy atom. The van der Waals surface area contributed by atoms with E-state index in [1.54, 1.807) is 54.6 Å². The highest BCUT2D eigenvalue weighted by Crippen LogP contribution is 2.36. The molecule has 45 heavy (non-hydrogen) atoms. The Hall–Kier alpha value is -3.45. The van der Waals surface area contributed by atoms with Crippen LogP contribution in [0.25, 0.3) is 0 Å². The Morgan fingerprint density at radius 2 is 0.867 bits per heavy atom. The summed E-state index contributed by atoms with van der Waals surface area (Å²) in [7, 11) is 0. The van der Waals surface area contributed by atoms with E-state index < -0.39 is 34.6 Å². The van der Waals surface area contributed by atoms with Gasteiger partial charge < -0.3 is 15.9 Å². The molecule has 6 heteroatoms. The van der Waals surface area contributed by atoms with Gasteiger partial charge in [0.1, 0.15) is 0 Å². The van der Waals surface area contributed by atoms with E-state index in [4.69, 9.17) is 5.73 Å². The predicted molar refractivity (Wildman–Crippen MR) is 181 cm³/mol. The van der Waals surface area contributed by atoms with Gasteiger partial charge in [-0.15, -0.1) is 0 Å². The van der Waals surface area contributed by atoms with E-state index in [1.807, 2.05) is 0 Å². The van der Waals surface area contributed by atoms with Crippen LogP contribution in [-0.4, -0.2) is 44.8 Å². The number of carbonyl (C=O) groups excluding carboxylic acids is 3. The molecule has 0 bridgehead atoms. The highest BCUT2D eigenvalue weighted by Gasteiger charge is 2.65. The molecule has 0 amide bonds. The molecule has 4 N–H and O–H groups in total. The molecule has 2 atom stereocenters. The first-order valence-corrected chi connectivity index (χ1v) is 16.8. The van der Waals surface area contributed by atoms with Crippen LogP contribution >= 0.6 is 0 Å². The summed E-state index contributed by atoms with van der Waals surface area (Å²) in [4.78, 5) is 42.5. The van der Waals surface area contributed by atoms with Crippen molar-refractivity contribution in [1.29, 1.82) is 0 Å². The highest BCUT2D eigenvalue weighted by molar-refractivity contribution is 6.28. The summed E-state index contributed by atoms with van der Waals surface area (Å²) >= 11 is 0. The average Bonchev–Trinajstić information content (AvgIpc) is 3.09. The lowest BCUT2D eigenvalue weighted by Gasteiger charge is -2.44. The zero-order chi connectivity index (χ0) is 32.5. The molecule has 0 saturated carbocycles. The maximum absolute atomic E-state index is 14.2. The van der Waals surface area contributed by atoms with Crippen molar-refractivity contribution in [2.75, 3.05) is 0 Å². The molecule has 0 radical (unpaired) electrons. The maximum atomic E-state index is 14.2. The van der Waals surface area contributed by atoms with Crippen LogP contribution in [-0.2, 0) is 0 Å². The van der Waals surface area contributed by atoms with Gasteiger partial charge >= 0.3 is 0 Å². The summed E-state index contributed by atoms with van der Waals surface area (Å²) in [6.45, 7) is 2.23. The third-order valence-corrected chi connectivity index (χ3v) is 8.85. The predicted octanol–water partition coefficient (Wildman–Crippen LogP) is 7.91. The van der Waals surface area contributed by atoms with Crippen LogP contribution in [0.1, 0.15) is 128 Å². The number of rotatable bonds is 22. The van der Waals surface area contributed by atoms with Gasteiger partial charge in [-0.3, -0.25) is 14.4 Å². The van der Waals surface area contributed by atoms with Crippen molar-refractivity contribution in [2.24, 2.45) is 5.73 Å². The average molecular weight is 614 g/mol. The minimum atomic E-state index is -3.08. The third kappa shape index (κ3) is 9.29. The second-order valence-electron chi connectivity index (χ2n) is 12.2. The quantitative estimate of drug-likeness (QED) is 0.0602. The minimum absolute atomic E-state index is 0.00753. The molecule has 3 aromatic rings. The minimum Gasteiger partial charge on any atom is -0.391 e. The van der Waals surface area contributed by atoms with Crippen LogP contribution in [0, 0.1) is 0 Å². The van der Waals surface area contributed by atoms with Crippen molar-refractivity contribution in [3.8, 4) is 0 Å². The Kier molecular flexibility index (Phi) is 14.8. The molecule has 0 unspecified atom stereocenters. The topological polar surface area (TPSA) is 118 Å². The molecular formula is C39H51NO5. The maximum Gasteiger partial charge on any atom is 0.218 e. The number of Topliss-reactive ketones (excluding diaryl/α,β-unsaturated/α-hetero) is 3. The van der Waals surface area contributed by atoms with Gasteiger partial charge in [0.2, 0.25) is 17.2 Å². The zero-order valence-corrected chi connectivity index (χ0v) is 26.8. The van der Waals surface area contributed by atoms with Crippen LogP contribution in [0.4, 0.5) is 0 Å². The summed E-state index contributed by atoms with van der Waals surface area (Å²) in [6, 6.07) is 23.6. The van der Waals surface area contributed by atoms with Gasteiger partial charge in [0.25, 0.3) is 0 Å². The molecule has 0 spiro atoms. The van der Waals surface area contributed by atoms with E-state index in [-0.39, 0.29) is 23.1 Å². The van der Waals surface area contributed by atoms with Crippen molar-refractivity contribution in [2.45, 2.75) is 114 Å². The molecule has 0 heterocycles. The van der Waals surface area contributed by atoms with Gasteiger partial charge in [-0.25, -0.2) is 0 Å². The van der Waals surface area contributed by atoms with Crippen molar-refractivity contribution in [1.82, 2.24) is 0 Å². The summed E-state index contributed by atoms with van der Waals surface area (Å²) in [5.74, 6) is -2.94. The Balaban J connectivity index is 1.78. The van der Waals surface area contributed by atoms with Crippen LogP contribution < -0.4 is 5.73 Å². The van der Waals surface area contributed by atoms with Crippen LogP contribution in [0.3, 0.4) is 0 Å². The second kappa shape index (κ2) is 18.5. The number of hydrogen-bond acceptors (Lipinski definition) is 6. The number of aliphatic hydroxyl groups is 2. The van der Waals surface area contributed by atoms with Gasteiger partial charge in [0.15, 0.2) is 11.3 Å². The highest BCUT2D eigenvalue weighted by atomic mass is 16.3. The fraction of sp³-hybridized carbons (Fsp3) is 0.462.